The number of hydrogen-bond acceptors (Lipinski definition) is 2. The Morgan fingerprint density at radius 3 is 2.56 bits per heavy atom. The minimum Gasteiger partial charge on any atom is -0.393 e. The van der Waals surface area contributed by atoms with Crippen LogP contribution in [0.1, 0.15) is 20.3 Å². The fourth-order valence-corrected chi connectivity index (χ4v) is 1.20. The molecule has 0 aromatic carbocycles. The summed E-state index contributed by atoms with van der Waals surface area (Å²) in [6.07, 6.45) is 0.822. The maximum Gasteiger partial charge on any atom is 0.0592 e. The number of hydrogen-bond donors (Lipinski definition) is 2. The molecule has 1 aliphatic rings. The van der Waals surface area contributed by atoms with E-state index in [1.54, 1.807) is 0 Å². The van der Waals surface area contributed by atoms with Crippen molar-refractivity contribution in [2.45, 2.75) is 32.4 Å². The van der Waals surface area contributed by atoms with Gasteiger partial charge >= 0.3 is 0 Å². The highest BCUT2D eigenvalue weighted by Crippen LogP contribution is 2.13. The zero-order chi connectivity index (χ0) is 6.85. The predicted octanol–water partition coefficient (Wildman–Crippen LogP) is 0.365. The van der Waals surface area contributed by atoms with E-state index in [1.165, 1.54) is 0 Å². The minimum atomic E-state index is -0.0822. The van der Waals surface area contributed by atoms with E-state index in [1.807, 2.05) is 0 Å². The highest BCUT2D eigenvalue weighted by Gasteiger charge is 2.22. The van der Waals surface area contributed by atoms with Crippen molar-refractivity contribution in [1.82, 2.24) is 5.32 Å². The predicted molar refractivity (Wildman–Crippen MR) is 37.3 cm³/mol. The standard InChI is InChI=1S/C7H15NO/c1-5-4-8-6(2)3-7(5)9/h5-9H,3-4H2,1-2H3/t5-,6-,7+/m0/s1. The molecule has 0 aromatic rings. The molecule has 0 aromatic heterocycles. The molecule has 0 unspecified atom stereocenters. The van der Waals surface area contributed by atoms with Crippen LogP contribution < -0.4 is 5.32 Å². The van der Waals surface area contributed by atoms with Gasteiger partial charge in [-0.25, -0.2) is 0 Å². The van der Waals surface area contributed by atoms with Crippen molar-refractivity contribution in [3.63, 3.8) is 0 Å². The van der Waals surface area contributed by atoms with Crippen molar-refractivity contribution in [3.05, 3.63) is 0 Å². The van der Waals surface area contributed by atoms with E-state index in [4.69, 9.17) is 0 Å². The maximum atomic E-state index is 9.31. The van der Waals surface area contributed by atoms with Crippen LogP contribution in [0.4, 0.5) is 0 Å². The van der Waals surface area contributed by atoms with E-state index in [9.17, 15) is 5.11 Å². The second kappa shape index (κ2) is 2.67. The van der Waals surface area contributed by atoms with Gasteiger partial charge < -0.3 is 10.4 Å². The number of rotatable bonds is 0. The Balaban J connectivity index is 2.35. The van der Waals surface area contributed by atoms with E-state index in [2.05, 4.69) is 19.2 Å². The smallest absolute Gasteiger partial charge is 0.0592 e. The first kappa shape index (κ1) is 7.03. The Labute approximate surface area is 56.3 Å². The molecule has 0 spiro atoms. The van der Waals surface area contributed by atoms with E-state index in [0.29, 0.717) is 12.0 Å². The lowest BCUT2D eigenvalue weighted by atomic mass is 9.94. The van der Waals surface area contributed by atoms with Gasteiger partial charge in [-0.2, -0.15) is 0 Å². The van der Waals surface area contributed by atoms with Crippen LogP contribution in [0.15, 0.2) is 0 Å². The number of nitrogens with one attached hydrogen (secondary N) is 1. The zero-order valence-electron chi connectivity index (χ0n) is 6.09. The molecule has 1 heterocycles. The molecule has 54 valence electrons. The lowest BCUT2D eigenvalue weighted by Crippen LogP contribution is -2.43. The zero-order valence-corrected chi connectivity index (χ0v) is 6.09. The Kier molecular flexibility index (Phi) is 2.09. The summed E-state index contributed by atoms with van der Waals surface area (Å²) in [6, 6.07) is 0.496. The number of aliphatic hydroxyl groups excluding tert-OH is 1. The first-order valence-electron chi connectivity index (χ1n) is 3.61. The lowest BCUT2D eigenvalue weighted by Gasteiger charge is -2.29. The summed E-state index contributed by atoms with van der Waals surface area (Å²) in [5.41, 5.74) is 0. The fourth-order valence-electron chi connectivity index (χ4n) is 1.20. The summed E-state index contributed by atoms with van der Waals surface area (Å²) >= 11 is 0. The molecule has 0 saturated carbocycles. The van der Waals surface area contributed by atoms with Crippen LogP contribution in [-0.2, 0) is 0 Å². The summed E-state index contributed by atoms with van der Waals surface area (Å²) in [5, 5.41) is 12.6. The molecule has 2 nitrogen and oxygen atoms in total. The van der Waals surface area contributed by atoms with Crippen LogP contribution in [-0.4, -0.2) is 23.8 Å². The van der Waals surface area contributed by atoms with Crippen molar-refractivity contribution in [3.8, 4) is 0 Å². The average molecular weight is 129 g/mol. The van der Waals surface area contributed by atoms with Crippen molar-refractivity contribution in [2.24, 2.45) is 5.92 Å². The van der Waals surface area contributed by atoms with Crippen molar-refractivity contribution in [2.75, 3.05) is 6.54 Å². The summed E-state index contributed by atoms with van der Waals surface area (Å²) in [7, 11) is 0. The largest absolute Gasteiger partial charge is 0.393 e. The molecule has 0 bridgehead atoms. The van der Waals surface area contributed by atoms with E-state index in [0.717, 1.165) is 13.0 Å². The van der Waals surface area contributed by atoms with E-state index >= 15 is 0 Å². The Morgan fingerprint density at radius 1 is 1.44 bits per heavy atom. The van der Waals surface area contributed by atoms with Crippen molar-refractivity contribution >= 4 is 0 Å². The van der Waals surface area contributed by atoms with Gasteiger partial charge in [0.05, 0.1) is 6.10 Å². The van der Waals surface area contributed by atoms with Gasteiger partial charge in [0.2, 0.25) is 0 Å². The molecule has 0 radical (unpaired) electrons. The maximum absolute atomic E-state index is 9.31. The number of aliphatic hydroxyl groups is 1. The molecule has 1 aliphatic heterocycles. The van der Waals surface area contributed by atoms with Crippen LogP contribution in [0.5, 0.6) is 0 Å². The first-order chi connectivity index (χ1) is 4.20. The third-order valence-electron chi connectivity index (χ3n) is 2.04. The summed E-state index contributed by atoms with van der Waals surface area (Å²) < 4.78 is 0. The second-order valence-corrected chi connectivity index (χ2v) is 3.09. The third-order valence-corrected chi connectivity index (χ3v) is 2.04. The van der Waals surface area contributed by atoms with Crippen molar-refractivity contribution in [1.29, 1.82) is 0 Å². The van der Waals surface area contributed by atoms with Gasteiger partial charge in [0.15, 0.2) is 0 Å². The highest BCUT2D eigenvalue weighted by molar-refractivity contribution is 4.78. The van der Waals surface area contributed by atoms with Gasteiger partial charge in [-0.15, -0.1) is 0 Å². The second-order valence-electron chi connectivity index (χ2n) is 3.09. The molecule has 3 atom stereocenters. The lowest BCUT2D eigenvalue weighted by molar-refractivity contribution is 0.0725. The van der Waals surface area contributed by atoms with Crippen LogP contribution in [0.3, 0.4) is 0 Å². The Hall–Kier alpha value is -0.0800. The fraction of sp³-hybridized carbons (Fsp3) is 1.00. The molecule has 0 aliphatic carbocycles. The molecule has 9 heavy (non-hydrogen) atoms. The molecule has 1 saturated heterocycles. The van der Waals surface area contributed by atoms with Gasteiger partial charge in [0, 0.05) is 12.6 Å². The molecular weight excluding hydrogens is 114 g/mol. The Bertz CT molecular complexity index is 94.9. The number of piperidine rings is 1. The molecular formula is C7H15NO. The van der Waals surface area contributed by atoms with Gasteiger partial charge in [-0.05, 0) is 19.3 Å². The molecule has 1 fully saturated rings. The highest BCUT2D eigenvalue weighted by atomic mass is 16.3. The van der Waals surface area contributed by atoms with Gasteiger partial charge in [0.25, 0.3) is 0 Å². The quantitative estimate of drug-likeness (QED) is 0.495. The van der Waals surface area contributed by atoms with Crippen LogP contribution >= 0.6 is 0 Å². The van der Waals surface area contributed by atoms with E-state index < -0.39 is 0 Å². The third kappa shape index (κ3) is 1.66. The van der Waals surface area contributed by atoms with Gasteiger partial charge in [0.1, 0.15) is 0 Å². The topological polar surface area (TPSA) is 32.3 Å². The molecule has 1 rings (SSSR count). The summed E-state index contributed by atoms with van der Waals surface area (Å²) in [6.45, 7) is 5.14. The summed E-state index contributed by atoms with van der Waals surface area (Å²) in [5.74, 6) is 0.432. The average Bonchev–Trinajstić information content (AvgIpc) is 1.80. The van der Waals surface area contributed by atoms with Gasteiger partial charge in [-0.1, -0.05) is 6.92 Å². The minimum absolute atomic E-state index is 0.0822. The normalized spacial score (nSPS) is 45.0. The SMILES string of the molecule is C[C@H]1C[C@@H](O)[C@@H](C)CN1. The van der Waals surface area contributed by atoms with E-state index in [-0.39, 0.29) is 6.10 Å². The molecule has 2 heteroatoms. The van der Waals surface area contributed by atoms with Gasteiger partial charge in [-0.3, -0.25) is 0 Å². The first-order valence-corrected chi connectivity index (χ1v) is 3.61. The van der Waals surface area contributed by atoms with Crippen LogP contribution in [0.25, 0.3) is 0 Å². The molecule has 2 N–H and O–H groups in total. The molecule has 0 amide bonds. The van der Waals surface area contributed by atoms with Crippen LogP contribution in [0.2, 0.25) is 0 Å². The summed E-state index contributed by atoms with van der Waals surface area (Å²) in [4.78, 5) is 0. The van der Waals surface area contributed by atoms with Crippen molar-refractivity contribution < 1.29 is 5.11 Å². The Morgan fingerprint density at radius 2 is 2.11 bits per heavy atom. The monoisotopic (exact) mass is 129 g/mol. The van der Waals surface area contributed by atoms with Crippen LogP contribution in [0, 0.1) is 5.92 Å².